The van der Waals surface area contributed by atoms with Crippen LogP contribution in [0.25, 0.3) is 0 Å². The first-order valence-electron chi connectivity index (χ1n) is 7.42. The fraction of sp³-hybridized carbons (Fsp3) is 0.588. The van der Waals surface area contributed by atoms with Crippen LogP contribution in [0.3, 0.4) is 0 Å². The minimum Gasteiger partial charge on any atom is -0.490 e. The Bertz CT molecular complexity index is 470. The fourth-order valence-corrected chi connectivity index (χ4v) is 3.15. The van der Waals surface area contributed by atoms with Gasteiger partial charge in [-0.1, -0.05) is 27.2 Å². The van der Waals surface area contributed by atoms with E-state index >= 15 is 0 Å². The molecule has 0 saturated heterocycles. The van der Waals surface area contributed by atoms with Crippen LogP contribution in [-0.2, 0) is 0 Å². The number of ether oxygens (including phenoxy) is 1. The van der Waals surface area contributed by atoms with Crippen molar-refractivity contribution in [2.24, 2.45) is 17.8 Å². The molecule has 0 heterocycles. The molecule has 3 unspecified atom stereocenters. The van der Waals surface area contributed by atoms with Gasteiger partial charge in [-0.25, -0.2) is 4.39 Å². The molecule has 20 heavy (non-hydrogen) atoms. The number of halogens is 1. The van der Waals surface area contributed by atoms with E-state index in [1.165, 1.54) is 18.6 Å². The van der Waals surface area contributed by atoms with E-state index in [2.05, 4.69) is 20.8 Å². The van der Waals surface area contributed by atoms with E-state index in [4.69, 9.17) is 4.74 Å². The molecule has 1 fully saturated rings. The SMILES string of the molecule is CC1CCC(C(C)C)C(Oc2cc(F)cc(C=O)c2)C1. The average molecular weight is 278 g/mol. The normalized spacial score (nSPS) is 26.6. The lowest BCUT2D eigenvalue weighted by molar-refractivity contribution is 0.0457. The van der Waals surface area contributed by atoms with Crippen molar-refractivity contribution in [3.05, 3.63) is 29.6 Å². The Morgan fingerprint density at radius 1 is 1.30 bits per heavy atom. The van der Waals surface area contributed by atoms with E-state index in [9.17, 15) is 9.18 Å². The number of carbonyl (C=O) groups is 1. The maximum Gasteiger partial charge on any atom is 0.150 e. The lowest BCUT2D eigenvalue weighted by atomic mass is 9.75. The number of rotatable bonds is 4. The van der Waals surface area contributed by atoms with Crippen molar-refractivity contribution in [2.75, 3.05) is 0 Å². The Labute approximate surface area is 120 Å². The summed E-state index contributed by atoms with van der Waals surface area (Å²) in [5, 5.41) is 0. The van der Waals surface area contributed by atoms with Gasteiger partial charge in [0.05, 0.1) is 0 Å². The van der Waals surface area contributed by atoms with Gasteiger partial charge in [0.2, 0.25) is 0 Å². The van der Waals surface area contributed by atoms with Crippen LogP contribution in [0, 0.1) is 23.6 Å². The average Bonchev–Trinajstić information content (AvgIpc) is 2.37. The molecule has 1 aliphatic rings. The molecule has 1 aromatic carbocycles. The quantitative estimate of drug-likeness (QED) is 0.759. The molecule has 0 N–H and O–H groups in total. The third-order valence-corrected chi connectivity index (χ3v) is 4.28. The largest absolute Gasteiger partial charge is 0.490 e. The van der Waals surface area contributed by atoms with Crippen LogP contribution >= 0.6 is 0 Å². The van der Waals surface area contributed by atoms with Gasteiger partial charge < -0.3 is 4.74 Å². The highest BCUT2D eigenvalue weighted by molar-refractivity contribution is 5.75. The predicted octanol–water partition coefficient (Wildman–Crippen LogP) is 4.48. The molecule has 0 radical (unpaired) electrons. The van der Waals surface area contributed by atoms with Crippen molar-refractivity contribution in [2.45, 2.75) is 46.1 Å². The van der Waals surface area contributed by atoms with E-state index < -0.39 is 5.82 Å². The monoisotopic (exact) mass is 278 g/mol. The number of hydrogen-bond acceptors (Lipinski definition) is 2. The maximum atomic E-state index is 13.5. The first-order valence-corrected chi connectivity index (χ1v) is 7.42. The van der Waals surface area contributed by atoms with Crippen molar-refractivity contribution in [3.8, 4) is 5.75 Å². The Morgan fingerprint density at radius 2 is 2.05 bits per heavy atom. The summed E-state index contributed by atoms with van der Waals surface area (Å²) < 4.78 is 19.5. The molecule has 0 amide bonds. The summed E-state index contributed by atoms with van der Waals surface area (Å²) in [4.78, 5) is 10.8. The van der Waals surface area contributed by atoms with E-state index in [0.717, 1.165) is 12.8 Å². The molecule has 0 aliphatic heterocycles. The molecular formula is C17H23FO2. The standard InChI is InChI=1S/C17H23FO2/c1-11(2)16-5-4-12(3)6-17(16)20-15-8-13(10-19)7-14(18)9-15/h7-12,16-17H,4-6H2,1-3H3. The Kier molecular flexibility index (Phi) is 4.79. The Hall–Kier alpha value is -1.38. The molecule has 1 aliphatic carbocycles. The molecule has 0 bridgehead atoms. The highest BCUT2D eigenvalue weighted by Crippen LogP contribution is 2.36. The van der Waals surface area contributed by atoms with Crippen molar-refractivity contribution >= 4 is 6.29 Å². The van der Waals surface area contributed by atoms with Gasteiger partial charge in [-0.15, -0.1) is 0 Å². The van der Waals surface area contributed by atoms with Crippen LogP contribution in [0.1, 0.15) is 50.4 Å². The van der Waals surface area contributed by atoms with Gasteiger partial charge in [-0.2, -0.15) is 0 Å². The van der Waals surface area contributed by atoms with Gasteiger partial charge in [-0.05, 0) is 42.7 Å². The van der Waals surface area contributed by atoms with Crippen LogP contribution in [0.5, 0.6) is 5.75 Å². The molecule has 3 atom stereocenters. The molecule has 3 heteroatoms. The van der Waals surface area contributed by atoms with Crippen LogP contribution in [0.2, 0.25) is 0 Å². The number of aldehydes is 1. The molecule has 0 aromatic heterocycles. The van der Waals surface area contributed by atoms with Gasteiger partial charge in [0.25, 0.3) is 0 Å². The zero-order valence-electron chi connectivity index (χ0n) is 12.4. The van der Waals surface area contributed by atoms with E-state index in [1.54, 1.807) is 6.07 Å². The second kappa shape index (κ2) is 6.38. The van der Waals surface area contributed by atoms with Crippen molar-refractivity contribution in [1.82, 2.24) is 0 Å². The molecule has 1 saturated carbocycles. The van der Waals surface area contributed by atoms with Crippen molar-refractivity contribution in [1.29, 1.82) is 0 Å². The molecule has 1 aromatic rings. The number of carbonyl (C=O) groups excluding carboxylic acids is 1. The van der Waals surface area contributed by atoms with Crippen molar-refractivity contribution in [3.63, 3.8) is 0 Å². The van der Waals surface area contributed by atoms with Gasteiger partial charge in [0.1, 0.15) is 24.0 Å². The second-order valence-corrected chi connectivity index (χ2v) is 6.32. The minimum atomic E-state index is -0.422. The molecule has 2 nitrogen and oxygen atoms in total. The molecule has 110 valence electrons. The topological polar surface area (TPSA) is 26.3 Å². The number of hydrogen-bond donors (Lipinski definition) is 0. The predicted molar refractivity (Wildman–Crippen MR) is 77.5 cm³/mol. The summed E-state index contributed by atoms with van der Waals surface area (Å²) in [6.45, 7) is 6.65. The second-order valence-electron chi connectivity index (χ2n) is 6.32. The lowest BCUT2D eigenvalue weighted by Crippen LogP contribution is -2.36. The van der Waals surface area contributed by atoms with Crippen molar-refractivity contribution < 1.29 is 13.9 Å². The number of benzene rings is 1. The molecule has 2 rings (SSSR count). The van der Waals surface area contributed by atoms with Gasteiger partial charge in [0.15, 0.2) is 0 Å². The highest BCUT2D eigenvalue weighted by atomic mass is 19.1. The zero-order valence-corrected chi connectivity index (χ0v) is 12.4. The summed E-state index contributed by atoms with van der Waals surface area (Å²) in [7, 11) is 0. The third-order valence-electron chi connectivity index (χ3n) is 4.28. The smallest absolute Gasteiger partial charge is 0.150 e. The Morgan fingerprint density at radius 3 is 2.70 bits per heavy atom. The maximum absolute atomic E-state index is 13.5. The third kappa shape index (κ3) is 3.59. The summed E-state index contributed by atoms with van der Waals surface area (Å²) in [5.74, 6) is 1.72. The highest BCUT2D eigenvalue weighted by Gasteiger charge is 2.32. The summed E-state index contributed by atoms with van der Waals surface area (Å²) in [6.07, 6.45) is 4.14. The minimum absolute atomic E-state index is 0.111. The van der Waals surface area contributed by atoms with Crippen LogP contribution < -0.4 is 4.74 Å². The van der Waals surface area contributed by atoms with Crippen LogP contribution in [0.15, 0.2) is 18.2 Å². The first kappa shape index (κ1) is 15.0. The van der Waals surface area contributed by atoms with E-state index in [-0.39, 0.29) is 6.10 Å². The Balaban J connectivity index is 2.17. The van der Waals surface area contributed by atoms with E-state index in [0.29, 0.717) is 35.4 Å². The zero-order chi connectivity index (χ0) is 14.7. The first-order chi connectivity index (χ1) is 9.49. The summed E-state index contributed by atoms with van der Waals surface area (Å²) >= 11 is 0. The molecule has 0 spiro atoms. The fourth-order valence-electron chi connectivity index (χ4n) is 3.15. The van der Waals surface area contributed by atoms with Crippen LogP contribution in [-0.4, -0.2) is 12.4 Å². The summed E-state index contributed by atoms with van der Waals surface area (Å²) in [6, 6.07) is 4.21. The van der Waals surface area contributed by atoms with E-state index in [1.807, 2.05) is 0 Å². The van der Waals surface area contributed by atoms with Gasteiger partial charge >= 0.3 is 0 Å². The van der Waals surface area contributed by atoms with Crippen LogP contribution in [0.4, 0.5) is 4.39 Å². The molecular weight excluding hydrogens is 255 g/mol. The van der Waals surface area contributed by atoms with Gasteiger partial charge in [0, 0.05) is 11.6 Å². The van der Waals surface area contributed by atoms with Gasteiger partial charge in [-0.3, -0.25) is 4.79 Å². The lowest BCUT2D eigenvalue weighted by Gasteiger charge is -2.37. The summed E-state index contributed by atoms with van der Waals surface area (Å²) in [5.41, 5.74) is 0.324.